The van der Waals surface area contributed by atoms with E-state index in [1.54, 1.807) is 12.4 Å². The predicted molar refractivity (Wildman–Crippen MR) is 45.6 cm³/mol. The lowest BCUT2D eigenvalue weighted by atomic mass is 10.1. The van der Waals surface area contributed by atoms with Gasteiger partial charge in [0.1, 0.15) is 0 Å². The van der Waals surface area contributed by atoms with Crippen LogP contribution in [0, 0.1) is 0 Å². The zero-order valence-electron chi connectivity index (χ0n) is 7.60. The summed E-state index contributed by atoms with van der Waals surface area (Å²) < 4.78 is 13.0. The Morgan fingerprint density at radius 3 is 2.92 bits per heavy atom. The van der Waals surface area contributed by atoms with Crippen LogP contribution in [0.1, 0.15) is 19.4 Å². The SMILES string of the molecule is CC(C)(F)C(=O)NCc1cn[nH]c1. The second-order valence-electron chi connectivity index (χ2n) is 3.26. The van der Waals surface area contributed by atoms with Gasteiger partial charge in [0.2, 0.25) is 0 Å². The molecular weight excluding hydrogens is 173 g/mol. The average molecular weight is 185 g/mol. The minimum absolute atomic E-state index is 0.294. The molecule has 0 saturated heterocycles. The van der Waals surface area contributed by atoms with Gasteiger partial charge < -0.3 is 5.32 Å². The number of aromatic amines is 1. The Bertz CT molecular complexity index is 276. The lowest BCUT2D eigenvalue weighted by molar-refractivity contribution is -0.130. The number of amides is 1. The third-order valence-electron chi connectivity index (χ3n) is 1.55. The lowest BCUT2D eigenvalue weighted by Crippen LogP contribution is -2.38. The van der Waals surface area contributed by atoms with E-state index in [1.165, 1.54) is 13.8 Å². The van der Waals surface area contributed by atoms with Crippen molar-refractivity contribution in [3.05, 3.63) is 18.0 Å². The minimum atomic E-state index is -1.83. The molecule has 1 aromatic rings. The topological polar surface area (TPSA) is 57.8 Å². The molecule has 0 fully saturated rings. The molecule has 0 bridgehead atoms. The van der Waals surface area contributed by atoms with Gasteiger partial charge in [0.15, 0.2) is 5.67 Å². The monoisotopic (exact) mass is 185 g/mol. The molecule has 0 aliphatic heterocycles. The second kappa shape index (κ2) is 3.55. The van der Waals surface area contributed by atoms with Gasteiger partial charge in [-0.1, -0.05) is 0 Å². The molecule has 1 amide bonds. The van der Waals surface area contributed by atoms with Crippen LogP contribution < -0.4 is 5.32 Å². The van der Waals surface area contributed by atoms with E-state index in [1.807, 2.05) is 0 Å². The van der Waals surface area contributed by atoms with Crippen molar-refractivity contribution in [3.8, 4) is 0 Å². The van der Waals surface area contributed by atoms with Gasteiger partial charge >= 0.3 is 0 Å². The van der Waals surface area contributed by atoms with Crippen molar-refractivity contribution in [1.82, 2.24) is 15.5 Å². The average Bonchev–Trinajstić information content (AvgIpc) is 2.50. The third kappa shape index (κ3) is 2.85. The first-order chi connectivity index (χ1) is 6.00. The van der Waals surface area contributed by atoms with Crippen molar-refractivity contribution >= 4 is 5.91 Å². The highest BCUT2D eigenvalue weighted by Gasteiger charge is 2.25. The Labute approximate surface area is 75.5 Å². The maximum atomic E-state index is 13.0. The summed E-state index contributed by atoms with van der Waals surface area (Å²) in [4.78, 5) is 11.0. The summed E-state index contributed by atoms with van der Waals surface area (Å²) in [6.07, 6.45) is 3.22. The Hall–Kier alpha value is -1.39. The van der Waals surface area contributed by atoms with Gasteiger partial charge in [-0.05, 0) is 13.8 Å². The predicted octanol–water partition coefficient (Wildman–Crippen LogP) is 0.774. The van der Waals surface area contributed by atoms with E-state index in [0.29, 0.717) is 6.54 Å². The number of nitrogens with zero attached hydrogens (tertiary/aromatic N) is 1. The Morgan fingerprint density at radius 2 is 2.46 bits per heavy atom. The highest BCUT2D eigenvalue weighted by molar-refractivity contribution is 5.83. The third-order valence-corrected chi connectivity index (χ3v) is 1.55. The zero-order valence-corrected chi connectivity index (χ0v) is 7.60. The number of aromatic nitrogens is 2. The molecule has 72 valence electrons. The quantitative estimate of drug-likeness (QED) is 0.730. The molecular formula is C8H12FN3O. The highest BCUT2D eigenvalue weighted by atomic mass is 19.1. The largest absolute Gasteiger partial charge is 0.349 e. The molecule has 0 radical (unpaired) electrons. The Morgan fingerprint density at radius 1 is 1.77 bits per heavy atom. The highest BCUT2D eigenvalue weighted by Crippen LogP contribution is 2.07. The van der Waals surface area contributed by atoms with E-state index in [-0.39, 0.29) is 0 Å². The van der Waals surface area contributed by atoms with E-state index >= 15 is 0 Å². The van der Waals surface area contributed by atoms with Crippen molar-refractivity contribution in [2.45, 2.75) is 26.1 Å². The number of H-pyrrole nitrogens is 1. The van der Waals surface area contributed by atoms with Gasteiger partial charge in [-0.15, -0.1) is 0 Å². The first kappa shape index (κ1) is 9.70. The van der Waals surface area contributed by atoms with Gasteiger partial charge in [-0.2, -0.15) is 5.10 Å². The molecule has 1 rings (SSSR count). The second-order valence-corrected chi connectivity index (χ2v) is 3.26. The van der Waals surface area contributed by atoms with E-state index in [4.69, 9.17) is 0 Å². The number of carbonyl (C=O) groups is 1. The Balaban J connectivity index is 2.40. The van der Waals surface area contributed by atoms with Crippen molar-refractivity contribution in [1.29, 1.82) is 0 Å². The van der Waals surface area contributed by atoms with E-state index in [0.717, 1.165) is 5.56 Å². The fourth-order valence-electron chi connectivity index (χ4n) is 0.767. The molecule has 0 atom stereocenters. The van der Waals surface area contributed by atoms with Crippen LogP contribution in [0.15, 0.2) is 12.4 Å². The maximum Gasteiger partial charge on any atom is 0.257 e. The van der Waals surface area contributed by atoms with Crippen LogP contribution in [0.5, 0.6) is 0 Å². The van der Waals surface area contributed by atoms with Gasteiger partial charge in [0.05, 0.1) is 6.20 Å². The van der Waals surface area contributed by atoms with Gasteiger partial charge in [0, 0.05) is 18.3 Å². The van der Waals surface area contributed by atoms with Crippen LogP contribution in [-0.2, 0) is 11.3 Å². The molecule has 4 nitrogen and oxygen atoms in total. The summed E-state index contributed by atoms with van der Waals surface area (Å²) in [5.74, 6) is -0.617. The number of carbonyl (C=O) groups excluding carboxylic acids is 1. The molecule has 0 unspecified atom stereocenters. The van der Waals surface area contributed by atoms with Crippen LogP contribution in [0.4, 0.5) is 4.39 Å². The molecule has 2 N–H and O–H groups in total. The molecule has 13 heavy (non-hydrogen) atoms. The standard InChI is InChI=1S/C8H12FN3O/c1-8(2,9)7(13)10-3-6-4-11-12-5-6/h4-5H,3H2,1-2H3,(H,10,13)(H,11,12). The molecule has 0 aliphatic rings. The van der Waals surface area contributed by atoms with Crippen LogP contribution in [-0.4, -0.2) is 21.8 Å². The van der Waals surface area contributed by atoms with E-state index < -0.39 is 11.6 Å². The summed E-state index contributed by atoms with van der Waals surface area (Å²) in [7, 11) is 0. The van der Waals surface area contributed by atoms with E-state index in [9.17, 15) is 9.18 Å². The van der Waals surface area contributed by atoms with Gasteiger partial charge in [-0.3, -0.25) is 9.89 Å². The minimum Gasteiger partial charge on any atom is -0.349 e. The van der Waals surface area contributed by atoms with Crippen molar-refractivity contribution < 1.29 is 9.18 Å². The first-order valence-electron chi connectivity index (χ1n) is 3.95. The molecule has 0 saturated carbocycles. The molecule has 0 aromatic carbocycles. The molecule has 5 heteroatoms. The first-order valence-corrected chi connectivity index (χ1v) is 3.95. The number of rotatable bonds is 3. The fourth-order valence-corrected chi connectivity index (χ4v) is 0.767. The number of halogens is 1. The van der Waals surface area contributed by atoms with E-state index in [2.05, 4.69) is 15.5 Å². The summed E-state index contributed by atoms with van der Waals surface area (Å²) >= 11 is 0. The summed E-state index contributed by atoms with van der Waals surface area (Å²) in [5.41, 5.74) is -1.01. The van der Waals surface area contributed by atoms with Crippen molar-refractivity contribution in [3.63, 3.8) is 0 Å². The smallest absolute Gasteiger partial charge is 0.257 e. The molecule has 1 heterocycles. The lowest BCUT2D eigenvalue weighted by Gasteiger charge is -2.12. The van der Waals surface area contributed by atoms with Crippen LogP contribution in [0.3, 0.4) is 0 Å². The maximum absolute atomic E-state index is 13.0. The number of nitrogens with one attached hydrogen (secondary N) is 2. The van der Waals surface area contributed by atoms with Crippen LogP contribution >= 0.6 is 0 Å². The fraction of sp³-hybridized carbons (Fsp3) is 0.500. The summed E-state index contributed by atoms with van der Waals surface area (Å²) in [5, 5.41) is 8.74. The normalized spacial score (nSPS) is 11.3. The molecule has 1 aromatic heterocycles. The zero-order chi connectivity index (χ0) is 9.90. The van der Waals surface area contributed by atoms with Crippen LogP contribution in [0.25, 0.3) is 0 Å². The summed E-state index contributed by atoms with van der Waals surface area (Å²) in [6, 6.07) is 0. The van der Waals surface area contributed by atoms with Gasteiger partial charge in [0.25, 0.3) is 5.91 Å². The number of alkyl halides is 1. The summed E-state index contributed by atoms with van der Waals surface area (Å²) in [6.45, 7) is 2.73. The van der Waals surface area contributed by atoms with Crippen molar-refractivity contribution in [2.75, 3.05) is 0 Å². The number of hydrogen-bond donors (Lipinski definition) is 2. The molecule has 0 spiro atoms. The Kier molecular flexibility index (Phi) is 2.65. The van der Waals surface area contributed by atoms with Crippen molar-refractivity contribution in [2.24, 2.45) is 0 Å². The number of hydrogen-bond acceptors (Lipinski definition) is 2. The van der Waals surface area contributed by atoms with Crippen LogP contribution in [0.2, 0.25) is 0 Å². The van der Waals surface area contributed by atoms with Gasteiger partial charge in [-0.25, -0.2) is 4.39 Å². The molecule has 0 aliphatic carbocycles.